The fourth-order valence-electron chi connectivity index (χ4n) is 2.69. The molecule has 1 aromatic rings. The summed E-state index contributed by atoms with van der Waals surface area (Å²) in [6.07, 6.45) is -0.734. The molecule has 0 aliphatic heterocycles. The van der Waals surface area contributed by atoms with E-state index >= 15 is 0 Å². The van der Waals surface area contributed by atoms with E-state index in [0.717, 1.165) is 25.7 Å². The van der Waals surface area contributed by atoms with Crippen molar-refractivity contribution in [1.82, 2.24) is 10.6 Å². The Labute approximate surface area is 133 Å². The summed E-state index contributed by atoms with van der Waals surface area (Å²) in [5.41, 5.74) is 0.275. The van der Waals surface area contributed by atoms with Gasteiger partial charge in [0.15, 0.2) is 0 Å². The van der Waals surface area contributed by atoms with Crippen LogP contribution in [0.25, 0.3) is 0 Å². The number of hydrogen-bond donors (Lipinski definition) is 2. The summed E-state index contributed by atoms with van der Waals surface area (Å²) >= 11 is 0. The highest BCUT2D eigenvalue weighted by Crippen LogP contribution is 2.26. The molecule has 1 fully saturated rings. The van der Waals surface area contributed by atoms with E-state index in [1.165, 1.54) is 18.2 Å². The van der Waals surface area contributed by atoms with Crippen LogP contribution in [-0.4, -0.2) is 18.4 Å². The third kappa shape index (κ3) is 6.00. The lowest BCUT2D eigenvalue weighted by Crippen LogP contribution is -2.43. The Morgan fingerprint density at radius 3 is 2.52 bits per heavy atom. The lowest BCUT2D eigenvalue weighted by Gasteiger charge is -2.27. The number of ether oxygens (including phenoxy) is 1. The fraction of sp³-hybridized carbons (Fsp3) is 0.562. The number of carbonyl (C=O) groups is 1. The number of alkyl halides is 3. The first-order valence-electron chi connectivity index (χ1n) is 7.71. The highest BCUT2D eigenvalue weighted by atomic mass is 19.4. The van der Waals surface area contributed by atoms with Crippen LogP contribution < -0.4 is 15.4 Å². The third-order valence-corrected chi connectivity index (χ3v) is 3.99. The predicted molar refractivity (Wildman–Crippen MR) is 79.9 cm³/mol. The summed E-state index contributed by atoms with van der Waals surface area (Å²) in [5.74, 6) is 0.384. The Balaban J connectivity index is 1.84. The van der Waals surface area contributed by atoms with E-state index in [9.17, 15) is 18.0 Å². The van der Waals surface area contributed by atoms with Crippen molar-refractivity contribution in [2.45, 2.75) is 51.6 Å². The van der Waals surface area contributed by atoms with Gasteiger partial charge in [-0.2, -0.15) is 0 Å². The van der Waals surface area contributed by atoms with Crippen LogP contribution in [0.5, 0.6) is 5.75 Å². The molecule has 0 bridgehead atoms. The second-order valence-electron chi connectivity index (χ2n) is 5.94. The van der Waals surface area contributed by atoms with Gasteiger partial charge in [0.1, 0.15) is 5.75 Å². The predicted octanol–water partition coefficient (Wildman–Crippen LogP) is 3.96. The molecule has 7 heteroatoms. The average molecular weight is 330 g/mol. The minimum Gasteiger partial charge on any atom is -0.405 e. The summed E-state index contributed by atoms with van der Waals surface area (Å²) in [6, 6.07) is 5.53. The molecule has 0 heterocycles. The Morgan fingerprint density at radius 2 is 1.87 bits per heavy atom. The summed E-state index contributed by atoms with van der Waals surface area (Å²) in [5, 5.41) is 5.45. The number of benzene rings is 1. The van der Waals surface area contributed by atoms with Crippen molar-refractivity contribution in [2.75, 3.05) is 0 Å². The van der Waals surface area contributed by atoms with Gasteiger partial charge in [-0.1, -0.05) is 25.1 Å². The van der Waals surface area contributed by atoms with Gasteiger partial charge in [-0.3, -0.25) is 0 Å². The van der Waals surface area contributed by atoms with Gasteiger partial charge in [-0.05, 0) is 37.7 Å². The summed E-state index contributed by atoms with van der Waals surface area (Å²) in [4.78, 5) is 11.9. The Kier molecular flexibility index (Phi) is 5.74. The molecule has 1 aromatic carbocycles. The van der Waals surface area contributed by atoms with Gasteiger partial charge in [-0.25, -0.2) is 4.79 Å². The van der Waals surface area contributed by atoms with Crippen LogP contribution in [0.15, 0.2) is 24.3 Å². The maximum atomic E-state index is 12.3. The maximum absolute atomic E-state index is 12.3. The third-order valence-electron chi connectivity index (χ3n) is 3.99. The van der Waals surface area contributed by atoms with Crippen molar-refractivity contribution in [3.05, 3.63) is 29.8 Å². The molecule has 2 rings (SSSR count). The van der Waals surface area contributed by atoms with E-state index in [-0.39, 0.29) is 29.9 Å². The van der Waals surface area contributed by atoms with Crippen LogP contribution >= 0.6 is 0 Å². The molecule has 0 atom stereocenters. The van der Waals surface area contributed by atoms with Crippen molar-refractivity contribution in [3.8, 4) is 5.75 Å². The molecular weight excluding hydrogens is 309 g/mol. The minimum absolute atomic E-state index is 0.0266. The second-order valence-corrected chi connectivity index (χ2v) is 5.94. The monoisotopic (exact) mass is 330 g/mol. The molecule has 0 unspecified atom stereocenters. The van der Waals surface area contributed by atoms with Gasteiger partial charge in [0, 0.05) is 18.2 Å². The van der Waals surface area contributed by atoms with E-state index in [2.05, 4.69) is 22.3 Å². The maximum Gasteiger partial charge on any atom is 0.573 e. The smallest absolute Gasteiger partial charge is 0.405 e. The zero-order valence-corrected chi connectivity index (χ0v) is 13.0. The second kappa shape index (κ2) is 7.57. The average Bonchev–Trinajstić information content (AvgIpc) is 2.47. The molecule has 1 aliphatic rings. The summed E-state index contributed by atoms with van der Waals surface area (Å²) < 4.78 is 41.0. The van der Waals surface area contributed by atoms with Crippen LogP contribution in [0.2, 0.25) is 0 Å². The van der Waals surface area contributed by atoms with E-state index in [1.54, 1.807) is 6.07 Å². The van der Waals surface area contributed by atoms with Gasteiger partial charge in [0.25, 0.3) is 0 Å². The number of carbonyl (C=O) groups excluding carboxylic acids is 1. The van der Waals surface area contributed by atoms with Gasteiger partial charge >= 0.3 is 12.4 Å². The van der Waals surface area contributed by atoms with Crippen LogP contribution in [0.4, 0.5) is 18.0 Å². The normalized spacial score (nSPS) is 21.6. The van der Waals surface area contributed by atoms with Crippen molar-refractivity contribution >= 4 is 6.03 Å². The molecule has 1 aliphatic carbocycles. The fourth-order valence-corrected chi connectivity index (χ4v) is 2.69. The van der Waals surface area contributed by atoms with Crippen LogP contribution in [0, 0.1) is 5.92 Å². The molecule has 2 N–H and O–H groups in total. The van der Waals surface area contributed by atoms with E-state index in [4.69, 9.17) is 0 Å². The van der Waals surface area contributed by atoms with Crippen molar-refractivity contribution < 1.29 is 22.7 Å². The lowest BCUT2D eigenvalue weighted by atomic mass is 9.87. The molecule has 128 valence electrons. The highest BCUT2D eigenvalue weighted by molar-refractivity contribution is 5.74. The summed E-state index contributed by atoms with van der Waals surface area (Å²) in [6.45, 7) is 2.16. The van der Waals surface area contributed by atoms with E-state index < -0.39 is 6.36 Å². The largest absolute Gasteiger partial charge is 0.573 e. The molecular formula is C16H21F3N2O2. The Hall–Kier alpha value is -1.92. The number of rotatable bonds is 4. The number of hydrogen-bond acceptors (Lipinski definition) is 2. The number of amides is 2. The van der Waals surface area contributed by atoms with Crippen LogP contribution in [-0.2, 0) is 6.54 Å². The Bertz CT molecular complexity index is 526. The minimum atomic E-state index is -4.75. The first-order chi connectivity index (χ1) is 10.8. The molecule has 0 saturated heterocycles. The van der Waals surface area contributed by atoms with E-state index in [1.807, 2.05) is 0 Å². The number of halogens is 3. The topological polar surface area (TPSA) is 50.4 Å². The van der Waals surface area contributed by atoms with Crippen LogP contribution in [0.3, 0.4) is 0 Å². The first-order valence-corrected chi connectivity index (χ1v) is 7.71. The number of nitrogens with one attached hydrogen (secondary N) is 2. The van der Waals surface area contributed by atoms with Crippen molar-refractivity contribution in [1.29, 1.82) is 0 Å². The number of urea groups is 1. The quantitative estimate of drug-likeness (QED) is 0.878. The zero-order chi connectivity index (χ0) is 16.9. The Morgan fingerprint density at radius 1 is 1.22 bits per heavy atom. The molecule has 4 nitrogen and oxygen atoms in total. The molecule has 0 spiro atoms. The van der Waals surface area contributed by atoms with Crippen molar-refractivity contribution in [2.24, 2.45) is 5.92 Å². The molecule has 0 aromatic heterocycles. The van der Waals surface area contributed by atoms with Gasteiger partial charge in [-0.15, -0.1) is 13.2 Å². The molecule has 0 radical (unpaired) electrons. The lowest BCUT2D eigenvalue weighted by molar-refractivity contribution is -0.274. The summed E-state index contributed by atoms with van der Waals surface area (Å²) in [7, 11) is 0. The SMILES string of the molecule is CC1CCC(NC(=O)NCc2ccccc2OC(F)(F)F)CC1. The molecule has 23 heavy (non-hydrogen) atoms. The molecule has 2 amide bonds. The standard InChI is InChI=1S/C16H21F3N2O2/c1-11-6-8-13(9-7-11)21-15(22)20-10-12-4-2-3-5-14(12)23-16(17,18)19/h2-5,11,13H,6-10H2,1H3,(H2,20,21,22). The first kappa shape index (κ1) is 17.4. The van der Waals surface area contributed by atoms with Crippen LogP contribution in [0.1, 0.15) is 38.2 Å². The zero-order valence-electron chi connectivity index (χ0n) is 13.0. The number of para-hydroxylation sites is 1. The highest BCUT2D eigenvalue weighted by Gasteiger charge is 2.32. The molecule has 1 saturated carbocycles. The van der Waals surface area contributed by atoms with E-state index in [0.29, 0.717) is 5.92 Å². The van der Waals surface area contributed by atoms with Crippen molar-refractivity contribution in [3.63, 3.8) is 0 Å². The van der Waals surface area contributed by atoms with Gasteiger partial charge < -0.3 is 15.4 Å². The van der Waals surface area contributed by atoms with Gasteiger partial charge in [0.05, 0.1) is 0 Å². The van der Waals surface area contributed by atoms with Gasteiger partial charge in [0.2, 0.25) is 0 Å².